The lowest BCUT2D eigenvalue weighted by Gasteiger charge is -2.37. The second-order valence-corrected chi connectivity index (χ2v) is 8.16. The Kier molecular flexibility index (Phi) is 4.43. The Hall–Kier alpha value is -3.47. The molecule has 2 N–H and O–H groups in total. The average molecular weight is 413 g/mol. The topological polar surface area (TPSA) is 65.5 Å². The second-order valence-electron chi connectivity index (χ2n) is 8.16. The number of nitrogens with one attached hydrogen (secondary N) is 2. The molecular weight excluding hydrogens is 386 g/mol. The fourth-order valence-corrected chi connectivity index (χ4v) is 4.80. The van der Waals surface area contributed by atoms with Gasteiger partial charge in [0.05, 0.1) is 0 Å². The number of benzene rings is 3. The maximum Gasteiger partial charge on any atom is 0.274 e. The highest BCUT2D eigenvalue weighted by Gasteiger charge is 2.50. The van der Waals surface area contributed by atoms with Crippen LogP contribution in [0.1, 0.15) is 47.2 Å². The molecule has 0 unspecified atom stereocenters. The largest absolute Gasteiger partial charge is 0.456 e. The van der Waals surface area contributed by atoms with Crippen LogP contribution in [-0.2, 0) is 10.6 Å². The Balaban J connectivity index is 1.85. The number of anilines is 2. The monoisotopic (exact) mass is 412 g/mol. The standard InChI is InChI=1S/C26H26N3O2/c1-5-27-21-13-23-19(11-15(21)3)26(18-10-8-7-9-17(18)25(30)29-26)20-12-16(4)22(28-6-2)14-24(20)31-23/h7-14,27-28H,5-6H2,1-4H3. The van der Waals surface area contributed by atoms with Gasteiger partial charge < -0.3 is 15.4 Å². The summed E-state index contributed by atoms with van der Waals surface area (Å²) in [6, 6.07) is 16.0. The molecule has 5 rings (SSSR count). The smallest absolute Gasteiger partial charge is 0.274 e. The maximum absolute atomic E-state index is 13.0. The lowest BCUT2D eigenvalue weighted by atomic mass is 9.74. The quantitative estimate of drug-likeness (QED) is 0.573. The maximum atomic E-state index is 13.0. The minimum absolute atomic E-state index is 0.184. The van der Waals surface area contributed by atoms with Gasteiger partial charge in [0.1, 0.15) is 17.0 Å². The highest BCUT2D eigenvalue weighted by molar-refractivity contribution is 5.99. The predicted octanol–water partition coefficient (Wildman–Crippen LogP) is 5.76. The molecule has 5 nitrogen and oxygen atoms in total. The number of aliphatic imine (C=N–C) groups is 1. The lowest BCUT2D eigenvalue weighted by Crippen LogP contribution is -2.30. The van der Waals surface area contributed by atoms with Gasteiger partial charge in [-0.15, -0.1) is 0 Å². The third-order valence-electron chi connectivity index (χ3n) is 6.20. The van der Waals surface area contributed by atoms with Crippen molar-refractivity contribution in [2.24, 2.45) is 4.99 Å². The van der Waals surface area contributed by atoms with E-state index in [0.29, 0.717) is 5.56 Å². The molecule has 0 saturated heterocycles. The molecule has 0 fully saturated rings. The summed E-state index contributed by atoms with van der Waals surface area (Å²) in [6.07, 6.45) is 0. The van der Waals surface area contributed by atoms with E-state index in [1.807, 2.05) is 36.4 Å². The molecule has 3 aromatic carbocycles. The van der Waals surface area contributed by atoms with Crippen LogP contribution in [0.2, 0.25) is 0 Å². The molecule has 157 valence electrons. The van der Waals surface area contributed by atoms with Crippen molar-refractivity contribution in [1.29, 1.82) is 0 Å². The molecule has 0 saturated carbocycles. The van der Waals surface area contributed by atoms with Gasteiger partial charge in [-0.05, 0) is 57.0 Å². The van der Waals surface area contributed by atoms with E-state index in [2.05, 4.69) is 50.5 Å². The Morgan fingerprint density at radius 2 is 1.39 bits per heavy atom. The molecule has 2 aliphatic rings. The first-order valence-corrected chi connectivity index (χ1v) is 10.8. The summed E-state index contributed by atoms with van der Waals surface area (Å²) in [6.45, 7) is 9.92. The fraction of sp³-hybridized carbons (Fsp3) is 0.269. The zero-order chi connectivity index (χ0) is 21.8. The molecule has 1 spiro atoms. The van der Waals surface area contributed by atoms with Gasteiger partial charge in [0, 0.05) is 58.9 Å². The van der Waals surface area contributed by atoms with Gasteiger partial charge in [-0.25, -0.2) is 4.99 Å². The lowest BCUT2D eigenvalue weighted by molar-refractivity contribution is 0.409. The van der Waals surface area contributed by atoms with Crippen molar-refractivity contribution in [2.45, 2.75) is 33.2 Å². The molecule has 1 radical (unpaired) electrons. The average Bonchev–Trinajstić information content (AvgIpc) is 3.05. The van der Waals surface area contributed by atoms with Crippen molar-refractivity contribution in [1.82, 2.24) is 0 Å². The van der Waals surface area contributed by atoms with E-state index in [-0.39, 0.29) is 5.90 Å². The van der Waals surface area contributed by atoms with Gasteiger partial charge in [0.2, 0.25) is 0 Å². The summed E-state index contributed by atoms with van der Waals surface area (Å²) < 4.78 is 6.45. The zero-order valence-electron chi connectivity index (χ0n) is 18.3. The summed E-state index contributed by atoms with van der Waals surface area (Å²) in [5, 5.41) is 19.9. The normalized spacial score (nSPS) is 14.9. The van der Waals surface area contributed by atoms with Gasteiger partial charge >= 0.3 is 0 Å². The van der Waals surface area contributed by atoms with Crippen LogP contribution in [0.4, 0.5) is 11.4 Å². The highest BCUT2D eigenvalue weighted by atomic mass is 16.5. The van der Waals surface area contributed by atoms with E-state index in [0.717, 1.165) is 63.8 Å². The Morgan fingerprint density at radius 1 is 0.839 bits per heavy atom. The third-order valence-corrected chi connectivity index (χ3v) is 6.20. The molecule has 2 heterocycles. The summed E-state index contributed by atoms with van der Waals surface area (Å²) >= 11 is 0. The van der Waals surface area contributed by atoms with E-state index >= 15 is 0 Å². The molecule has 0 aliphatic carbocycles. The number of hydrogen-bond acceptors (Lipinski definition) is 4. The van der Waals surface area contributed by atoms with Gasteiger partial charge in [-0.2, -0.15) is 0 Å². The van der Waals surface area contributed by atoms with Crippen LogP contribution in [0.15, 0.2) is 53.5 Å². The summed E-state index contributed by atoms with van der Waals surface area (Å²) in [7, 11) is 0. The summed E-state index contributed by atoms with van der Waals surface area (Å²) in [5.74, 6) is 1.28. The van der Waals surface area contributed by atoms with Crippen LogP contribution < -0.4 is 15.4 Å². The van der Waals surface area contributed by atoms with Crippen LogP contribution in [0.25, 0.3) is 0 Å². The predicted molar refractivity (Wildman–Crippen MR) is 124 cm³/mol. The second kappa shape index (κ2) is 7.05. The van der Waals surface area contributed by atoms with Crippen molar-refractivity contribution in [2.75, 3.05) is 23.7 Å². The Morgan fingerprint density at radius 3 is 1.94 bits per heavy atom. The molecule has 31 heavy (non-hydrogen) atoms. The van der Waals surface area contributed by atoms with Crippen molar-refractivity contribution in [3.05, 3.63) is 81.9 Å². The number of rotatable bonds is 4. The zero-order valence-corrected chi connectivity index (χ0v) is 18.3. The van der Waals surface area contributed by atoms with Crippen LogP contribution in [0, 0.1) is 13.8 Å². The number of nitrogens with zero attached hydrogens (tertiary/aromatic N) is 1. The number of hydrogen-bond donors (Lipinski definition) is 2. The van der Waals surface area contributed by atoms with E-state index in [1.165, 1.54) is 0 Å². The third kappa shape index (κ3) is 2.73. The molecule has 0 atom stereocenters. The minimum atomic E-state index is -0.901. The van der Waals surface area contributed by atoms with E-state index in [4.69, 9.17) is 9.73 Å². The first-order valence-electron chi connectivity index (χ1n) is 10.8. The van der Waals surface area contributed by atoms with Gasteiger partial charge in [-0.3, -0.25) is 5.11 Å². The summed E-state index contributed by atoms with van der Waals surface area (Å²) in [4.78, 5) is 4.80. The van der Waals surface area contributed by atoms with Crippen LogP contribution >= 0.6 is 0 Å². The molecule has 3 aromatic rings. The van der Waals surface area contributed by atoms with Gasteiger partial charge in [-0.1, -0.05) is 18.2 Å². The van der Waals surface area contributed by atoms with E-state index in [1.54, 1.807) is 0 Å². The molecule has 0 aromatic heterocycles. The van der Waals surface area contributed by atoms with Crippen LogP contribution in [0.3, 0.4) is 0 Å². The number of fused-ring (bicyclic) bond motifs is 6. The summed E-state index contributed by atoms with van der Waals surface area (Å²) in [5.41, 5.74) is 6.73. The van der Waals surface area contributed by atoms with Crippen molar-refractivity contribution >= 4 is 17.3 Å². The van der Waals surface area contributed by atoms with E-state index in [9.17, 15) is 5.11 Å². The van der Waals surface area contributed by atoms with Crippen LogP contribution in [-0.4, -0.2) is 19.0 Å². The van der Waals surface area contributed by atoms with Crippen molar-refractivity contribution in [3.63, 3.8) is 0 Å². The SMILES string of the molecule is CCNc1cc2c(cc1C)C1(N=C([O])c3ccccc31)c1cc(C)c(NCC)cc1O2. The minimum Gasteiger partial charge on any atom is -0.456 e. The van der Waals surface area contributed by atoms with Gasteiger partial charge in [0.25, 0.3) is 5.90 Å². The Labute approximate surface area is 182 Å². The first-order chi connectivity index (χ1) is 15.0. The fourth-order valence-electron chi connectivity index (χ4n) is 4.80. The highest BCUT2D eigenvalue weighted by Crippen LogP contribution is 2.57. The van der Waals surface area contributed by atoms with Gasteiger partial charge in [0.15, 0.2) is 0 Å². The van der Waals surface area contributed by atoms with E-state index < -0.39 is 5.54 Å². The molecular formula is C26H26N3O2. The Bertz CT molecular complexity index is 1170. The molecule has 0 bridgehead atoms. The first kappa shape index (κ1) is 19.5. The molecule has 2 aliphatic heterocycles. The molecule has 0 amide bonds. The van der Waals surface area contributed by atoms with Crippen molar-refractivity contribution < 1.29 is 9.84 Å². The van der Waals surface area contributed by atoms with Crippen LogP contribution in [0.5, 0.6) is 11.5 Å². The number of ether oxygens (including phenoxy) is 1. The van der Waals surface area contributed by atoms with Crippen molar-refractivity contribution in [3.8, 4) is 11.5 Å². The number of aryl methyl sites for hydroxylation is 2. The molecule has 5 heteroatoms.